The van der Waals surface area contributed by atoms with E-state index in [0.717, 1.165) is 16.8 Å². The lowest BCUT2D eigenvalue weighted by Gasteiger charge is -2.05. The van der Waals surface area contributed by atoms with E-state index in [4.69, 9.17) is 0 Å². The molecule has 3 nitrogen and oxygen atoms in total. The first kappa shape index (κ1) is 15.7. The Morgan fingerprint density at radius 1 is 1.17 bits per heavy atom. The Morgan fingerprint density at radius 3 is 2.83 bits per heavy atom. The fourth-order valence-corrected chi connectivity index (χ4v) is 3.30. The molecule has 1 heterocycles. The number of carbonyl (C=O) groups is 1. The second-order valence-corrected chi connectivity index (χ2v) is 6.61. The minimum Gasteiger partial charge on any atom is -0.361 e. The van der Waals surface area contributed by atoms with Crippen molar-refractivity contribution in [3.05, 3.63) is 65.9 Å². The molecule has 0 spiro atoms. The monoisotopic (exact) mass is 324 g/mol. The molecule has 3 rings (SSSR count). The van der Waals surface area contributed by atoms with Gasteiger partial charge in [-0.05, 0) is 43.2 Å². The van der Waals surface area contributed by atoms with Gasteiger partial charge < -0.3 is 10.3 Å². The Morgan fingerprint density at radius 2 is 2.00 bits per heavy atom. The third kappa shape index (κ3) is 4.17. The summed E-state index contributed by atoms with van der Waals surface area (Å²) in [5.41, 5.74) is 3.65. The van der Waals surface area contributed by atoms with Gasteiger partial charge in [0.05, 0.1) is 5.75 Å². The van der Waals surface area contributed by atoms with Crippen molar-refractivity contribution in [3.8, 4) is 0 Å². The van der Waals surface area contributed by atoms with Crippen molar-refractivity contribution < 1.29 is 4.79 Å². The number of aromatic amines is 1. The molecule has 118 valence electrons. The third-order valence-electron chi connectivity index (χ3n) is 3.75. The van der Waals surface area contributed by atoms with E-state index in [1.54, 1.807) is 11.8 Å². The second kappa shape index (κ2) is 7.38. The summed E-state index contributed by atoms with van der Waals surface area (Å²) < 4.78 is 0. The average Bonchev–Trinajstić information content (AvgIpc) is 2.96. The summed E-state index contributed by atoms with van der Waals surface area (Å²) in [4.78, 5) is 16.3. The maximum absolute atomic E-state index is 11.9. The van der Waals surface area contributed by atoms with Crippen LogP contribution in [0.25, 0.3) is 10.9 Å². The molecule has 0 bridgehead atoms. The number of fused-ring (bicyclic) bond motifs is 1. The Kier molecular flexibility index (Phi) is 5.03. The summed E-state index contributed by atoms with van der Waals surface area (Å²) in [5, 5.41) is 4.24. The Bertz CT molecular complexity index is 795. The van der Waals surface area contributed by atoms with Gasteiger partial charge >= 0.3 is 0 Å². The molecule has 0 aliphatic carbocycles. The lowest BCUT2D eigenvalue weighted by atomic mass is 10.1. The first-order valence-electron chi connectivity index (χ1n) is 7.73. The van der Waals surface area contributed by atoms with Crippen LogP contribution in [0.3, 0.4) is 0 Å². The van der Waals surface area contributed by atoms with E-state index in [1.807, 2.05) is 36.5 Å². The largest absolute Gasteiger partial charge is 0.361 e. The number of hydrogen-bond acceptors (Lipinski definition) is 2. The fourth-order valence-electron chi connectivity index (χ4n) is 2.55. The molecule has 0 fully saturated rings. The van der Waals surface area contributed by atoms with Crippen LogP contribution in [-0.4, -0.2) is 23.2 Å². The summed E-state index contributed by atoms with van der Waals surface area (Å²) in [6, 6.07) is 16.4. The molecule has 0 saturated heterocycles. The van der Waals surface area contributed by atoms with Crippen molar-refractivity contribution in [1.29, 1.82) is 0 Å². The number of hydrogen-bond donors (Lipinski definition) is 2. The minimum absolute atomic E-state index is 0.0786. The van der Waals surface area contributed by atoms with Crippen LogP contribution < -0.4 is 5.32 Å². The van der Waals surface area contributed by atoms with E-state index in [9.17, 15) is 4.79 Å². The molecule has 0 aliphatic heterocycles. The van der Waals surface area contributed by atoms with Gasteiger partial charge in [0.1, 0.15) is 0 Å². The van der Waals surface area contributed by atoms with Crippen LogP contribution >= 0.6 is 11.8 Å². The molecule has 2 N–H and O–H groups in total. The Hall–Kier alpha value is -2.20. The third-order valence-corrected chi connectivity index (χ3v) is 4.76. The van der Waals surface area contributed by atoms with Crippen LogP contribution in [0.1, 0.15) is 11.1 Å². The molecule has 4 heteroatoms. The van der Waals surface area contributed by atoms with Gasteiger partial charge in [0.25, 0.3) is 0 Å². The highest BCUT2D eigenvalue weighted by Gasteiger charge is 2.06. The lowest BCUT2D eigenvalue weighted by molar-refractivity contribution is -0.118. The van der Waals surface area contributed by atoms with Crippen molar-refractivity contribution in [2.75, 3.05) is 12.3 Å². The van der Waals surface area contributed by atoms with Crippen LogP contribution in [0.2, 0.25) is 0 Å². The van der Waals surface area contributed by atoms with Gasteiger partial charge in [0, 0.05) is 28.5 Å². The highest BCUT2D eigenvalue weighted by atomic mass is 32.2. The first-order chi connectivity index (χ1) is 11.2. The first-order valence-corrected chi connectivity index (χ1v) is 8.72. The molecule has 0 aliphatic rings. The number of H-pyrrole nitrogens is 1. The number of nitrogens with one attached hydrogen (secondary N) is 2. The van der Waals surface area contributed by atoms with Crippen molar-refractivity contribution in [2.24, 2.45) is 0 Å². The number of aromatic nitrogens is 1. The average molecular weight is 324 g/mol. The van der Waals surface area contributed by atoms with E-state index in [1.165, 1.54) is 16.5 Å². The lowest BCUT2D eigenvalue weighted by Crippen LogP contribution is -2.27. The van der Waals surface area contributed by atoms with Crippen LogP contribution in [0.5, 0.6) is 0 Å². The zero-order valence-electron chi connectivity index (χ0n) is 13.1. The summed E-state index contributed by atoms with van der Waals surface area (Å²) in [5.74, 6) is 0.534. The van der Waals surface area contributed by atoms with Gasteiger partial charge in [-0.15, -0.1) is 11.8 Å². The topological polar surface area (TPSA) is 44.9 Å². The highest BCUT2D eigenvalue weighted by molar-refractivity contribution is 8.00. The van der Waals surface area contributed by atoms with E-state index in [-0.39, 0.29) is 5.91 Å². The molecule has 0 radical (unpaired) electrons. The number of benzene rings is 2. The Balaban J connectivity index is 1.48. The molecule has 23 heavy (non-hydrogen) atoms. The van der Waals surface area contributed by atoms with E-state index >= 15 is 0 Å². The molecule has 2 aromatic carbocycles. The fraction of sp³-hybridized carbons (Fsp3) is 0.211. The molecule has 1 aromatic heterocycles. The van der Waals surface area contributed by atoms with Crippen LogP contribution in [-0.2, 0) is 11.2 Å². The SMILES string of the molecule is Cc1ccc2[nH]cc(CCNC(=O)CSc3ccccc3)c2c1. The van der Waals surface area contributed by atoms with Crippen LogP contribution in [0.15, 0.2) is 59.6 Å². The molecule has 0 saturated carbocycles. The summed E-state index contributed by atoms with van der Waals surface area (Å²) >= 11 is 1.56. The molecule has 0 atom stereocenters. The summed E-state index contributed by atoms with van der Waals surface area (Å²) in [6.45, 7) is 2.76. The molecule has 1 amide bonds. The van der Waals surface area contributed by atoms with Crippen molar-refractivity contribution >= 4 is 28.6 Å². The number of amides is 1. The second-order valence-electron chi connectivity index (χ2n) is 5.56. The number of carbonyl (C=O) groups excluding carboxylic acids is 1. The smallest absolute Gasteiger partial charge is 0.230 e. The van der Waals surface area contributed by atoms with Crippen LogP contribution in [0.4, 0.5) is 0 Å². The number of aryl methyl sites for hydroxylation is 1. The van der Waals surface area contributed by atoms with Gasteiger partial charge in [-0.3, -0.25) is 4.79 Å². The van der Waals surface area contributed by atoms with Crippen LogP contribution in [0, 0.1) is 6.92 Å². The molecule has 3 aromatic rings. The van der Waals surface area contributed by atoms with Gasteiger partial charge in [0.15, 0.2) is 0 Å². The standard InChI is InChI=1S/C19H20N2OS/c1-14-7-8-18-17(11-14)15(12-21-18)9-10-20-19(22)13-23-16-5-3-2-4-6-16/h2-8,11-12,21H,9-10,13H2,1H3,(H,20,22). The normalized spacial score (nSPS) is 10.8. The van der Waals surface area contributed by atoms with E-state index < -0.39 is 0 Å². The number of rotatable bonds is 6. The van der Waals surface area contributed by atoms with E-state index in [2.05, 4.69) is 35.4 Å². The quantitative estimate of drug-likeness (QED) is 0.675. The zero-order valence-corrected chi connectivity index (χ0v) is 14.0. The maximum Gasteiger partial charge on any atom is 0.230 e. The van der Waals surface area contributed by atoms with Crippen molar-refractivity contribution in [1.82, 2.24) is 10.3 Å². The van der Waals surface area contributed by atoms with Crippen molar-refractivity contribution in [2.45, 2.75) is 18.2 Å². The van der Waals surface area contributed by atoms with E-state index in [0.29, 0.717) is 12.3 Å². The predicted molar refractivity (Wildman–Crippen MR) is 96.9 cm³/mol. The van der Waals surface area contributed by atoms with Gasteiger partial charge in [-0.25, -0.2) is 0 Å². The van der Waals surface area contributed by atoms with Gasteiger partial charge in [0.2, 0.25) is 5.91 Å². The minimum atomic E-state index is 0.0786. The van der Waals surface area contributed by atoms with Gasteiger partial charge in [-0.2, -0.15) is 0 Å². The summed E-state index contributed by atoms with van der Waals surface area (Å²) in [7, 11) is 0. The zero-order chi connectivity index (χ0) is 16.1. The molecular weight excluding hydrogens is 304 g/mol. The van der Waals surface area contributed by atoms with Gasteiger partial charge in [-0.1, -0.05) is 29.8 Å². The van der Waals surface area contributed by atoms with Crippen molar-refractivity contribution in [3.63, 3.8) is 0 Å². The summed E-state index contributed by atoms with van der Waals surface area (Å²) in [6.07, 6.45) is 2.88. The predicted octanol–water partition coefficient (Wildman–Crippen LogP) is 3.93. The molecular formula is C19H20N2OS. The maximum atomic E-state index is 11.9. The Labute approximate surface area is 140 Å². The number of thioether (sulfide) groups is 1. The highest BCUT2D eigenvalue weighted by Crippen LogP contribution is 2.20. The molecule has 0 unspecified atom stereocenters.